The summed E-state index contributed by atoms with van der Waals surface area (Å²) in [6.07, 6.45) is 95.1. The fourth-order valence-electron chi connectivity index (χ4n) is 10.5. The number of hydrogen-bond donors (Lipinski definition) is 3. The van der Waals surface area contributed by atoms with Gasteiger partial charge in [0.2, 0.25) is 5.91 Å². The smallest absolute Gasteiger partial charge is 0.391 e. The minimum absolute atomic E-state index is 0.0734. The molecule has 0 saturated heterocycles. The third-order valence-corrected chi connectivity index (χ3v) is 17.1. The molecule has 1 amide bonds. The second kappa shape index (κ2) is 65.9. The van der Waals surface area contributed by atoms with Crippen LogP contribution >= 0.6 is 7.82 Å². The molecule has 0 aromatic rings. The Balaban J connectivity index is 3.99. The second-order valence-corrected chi connectivity index (χ2v) is 27.0. The fourth-order valence-corrected chi connectivity index (χ4v) is 11.3. The van der Waals surface area contributed by atoms with E-state index in [0.717, 1.165) is 89.9 Å². The number of nitrogens with one attached hydrogen (secondary N) is 1. The fraction of sp³-hybridized carbons (Fsp3) is 0.776. The van der Waals surface area contributed by atoms with Crippen LogP contribution in [-0.2, 0) is 18.4 Å². The number of aliphatic hydroxyl groups excluding tert-OH is 1. The van der Waals surface area contributed by atoms with E-state index in [0.29, 0.717) is 23.9 Å². The number of hydrogen-bond acceptors (Lipinski definition) is 5. The molecule has 0 aliphatic heterocycles. The maximum atomic E-state index is 13.1. The molecule has 0 radical (unpaired) electrons. The van der Waals surface area contributed by atoms with Gasteiger partial charge in [0.1, 0.15) is 13.2 Å². The molecule has 494 valence electrons. The van der Waals surface area contributed by atoms with Gasteiger partial charge in [0.25, 0.3) is 0 Å². The van der Waals surface area contributed by atoms with E-state index >= 15 is 0 Å². The highest BCUT2D eigenvalue weighted by atomic mass is 31.2. The molecule has 0 aliphatic rings. The Morgan fingerprint density at radius 3 is 1.04 bits per heavy atom. The Morgan fingerprint density at radius 1 is 0.412 bits per heavy atom. The van der Waals surface area contributed by atoms with Crippen molar-refractivity contribution in [3.63, 3.8) is 0 Å². The number of nitrogens with zero attached hydrogens (tertiary/aromatic N) is 1. The van der Waals surface area contributed by atoms with E-state index in [4.69, 9.17) is 9.05 Å². The molecule has 0 rings (SSSR count). The molecule has 85 heavy (non-hydrogen) atoms. The molecular weight excluding hydrogens is 1070 g/mol. The van der Waals surface area contributed by atoms with Gasteiger partial charge in [0, 0.05) is 6.42 Å². The van der Waals surface area contributed by atoms with Gasteiger partial charge >= 0.3 is 7.82 Å². The summed E-state index contributed by atoms with van der Waals surface area (Å²) < 4.78 is 23.9. The van der Waals surface area contributed by atoms with E-state index in [1.165, 1.54) is 212 Å². The molecule has 0 saturated carbocycles. The first-order chi connectivity index (χ1) is 41.5. The molecule has 0 spiro atoms. The Labute approximate surface area is 528 Å². The van der Waals surface area contributed by atoms with Gasteiger partial charge < -0.3 is 19.8 Å². The summed E-state index contributed by atoms with van der Waals surface area (Å²) in [7, 11) is 1.62. The van der Waals surface area contributed by atoms with Gasteiger partial charge in [-0.15, -0.1) is 0 Å². The highest BCUT2D eigenvalue weighted by Crippen LogP contribution is 2.43. The number of quaternary nitrogens is 1. The van der Waals surface area contributed by atoms with Crippen LogP contribution in [0.25, 0.3) is 0 Å². The van der Waals surface area contributed by atoms with Crippen LogP contribution in [0, 0.1) is 0 Å². The summed E-state index contributed by atoms with van der Waals surface area (Å²) in [5.41, 5.74) is 0. The van der Waals surface area contributed by atoms with Gasteiger partial charge in [-0.3, -0.25) is 13.8 Å². The maximum Gasteiger partial charge on any atom is 0.472 e. The number of amides is 1. The number of carbonyl (C=O) groups excluding carboxylic acids is 1. The first kappa shape index (κ1) is 82.4. The average molecular weight is 1210 g/mol. The lowest BCUT2D eigenvalue weighted by Gasteiger charge is -2.26. The molecule has 3 N–H and O–H groups in total. The summed E-state index contributed by atoms with van der Waals surface area (Å²) in [6, 6.07) is -0.765. The zero-order valence-electron chi connectivity index (χ0n) is 56.6. The van der Waals surface area contributed by atoms with Gasteiger partial charge in [0.05, 0.1) is 39.9 Å². The number of allylic oxidation sites excluding steroid dienone is 16. The summed E-state index contributed by atoms with van der Waals surface area (Å²) >= 11 is 0. The number of carbonyl (C=O) groups is 1. The van der Waals surface area contributed by atoms with Crippen molar-refractivity contribution in [2.45, 2.75) is 341 Å². The zero-order chi connectivity index (χ0) is 61.9. The van der Waals surface area contributed by atoms with E-state index < -0.39 is 20.0 Å². The Hall–Kier alpha value is -2.58. The first-order valence-electron chi connectivity index (χ1n) is 36.1. The van der Waals surface area contributed by atoms with Gasteiger partial charge in [0.15, 0.2) is 0 Å². The van der Waals surface area contributed by atoms with Crippen LogP contribution in [0.4, 0.5) is 0 Å². The molecule has 0 aromatic heterocycles. The SMILES string of the molecule is CC/C=C\C/C=C\C/C=C\C/C=C\C/C=C\C/C=C\C/C=C\C/C=C\CCCCCCCCCCCCCCCCCCC(=O)NC(COP(=O)(O)OCC[N+](C)(C)C)C(O)CCCCCCCCCCCCCCCCCCCCCCCC. The maximum absolute atomic E-state index is 13.1. The van der Waals surface area contributed by atoms with Crippen molar-refractivity contribution in [1.82, 2.24) is 5.32 Å². The van der Waals surface area contributed by atoms with Gasteiger partial charge in [-0.2, -0.15) is 0 Å². The number of phosphoric acid groups is 1. The molecule has 0 aromatic carbocycles. The normalized spacial score (nSPS) is 14.2. The predicted molar refractivity (Wildman–Crippen MR) is 373 cm³/mol. The van der Waals surface area contributed by atoms with Gasteiger partial charge in [-0.25, -0.2) is 4.57 Å². The first-order valence-corrected chi connectivity index (χ1v) is 37.6. The molecule has 0 heterocycles. The molecule has 0 bridgehead atoms. The Bertz CT molecular complexity index is 1710. The zero-order valence-corrected chi connectivity index (χ0v) is 57.5. The third kappa shape index (κ3) is 68.8. The van der Waals surface area contributed by atoms with Crippen LogP contribution in [-0.4, -0.2) is 73.4 Å². The quantitative estimate of drug-likeness (QED) is 0.0243. The lowest BCUT2D eigenvalue weighted by molar-refractivity contribution is -0.870. The average Bonchev–Trinajstić information content (AvgIpc) is 3.48. The minimum atomic E-state index is -4.33. The summed E-state index contributed by atoms with van der Waals surface area (Å²) in [5, 5.41) is 14.1. The van der Waals surface area contributed by atoms with Crippen LogP contribution < -0.4 is 5.32 Å². The van der Waals surface area contributed by atoms with Crippen LogP contribution in [0.5, 0.6) is 0 Å². The standard InChI is InChI=1S/C76H139N2O6P/c1-6-8-10-12-14-16-18-20-22-24-26-28-30-31-32-33-34-35-36-37-38-39-40-41-42-43-44-45-46-47-48-50-52-54-56-58-60-62-64-66-68-70-76(80)77-74(73-84-85(81,82)83-72-71-78(3,4)5)75(79)69-67-65-63-61-59-57-55-53-51-49-29-27-25-23-21-19-17-15-13-11-9-7-2/h8,10,14,16,20,22,26,28,31-32,34-35,37-38,40-41,74-75,79H,6-7,9,11-13,15,17-19,21,23-25,27,29-30,33,36,39,42-73H2,1-5H3,(H-,77,80,81,82)/p+1/b10-8-,16-14-,22-20-,28-26-,32-31-,35-34-,38-37-,41-40-. The monoisotopic (exact) mass is 1210 g/mol. The van der Waals surface area contributed by atoms with E-state index in [-0.39, 0.29) is 19.1 Å². The molecule has 0 fully saturated rings. The number of phosphoric ester groups is 1. The van der Waals surface area contributed by atoms with Crippen molar-refractivity contribution in [1.29, 1.82) is 0 Å². The van der Waals surface area contributed by atoms with Crippen molar-refractivity contribution in [2.24, 2.45) is 0 Å². The largest absolute Gasteiger partial charge is 0.472 e. The highest BCUT2D eigenvalue weighted by Gasteiger charge is 2.28. The topological polar surface area (TPSA) is 105 Å². The Kier molecular flexibility index (Phi) is 63.9. The van der Waals surface area contributed by atoms with Crippen LogP contribution in [0.3, 0.4) is 0 Å². The van der Waals surface area contributed by atoms with Crippen LogP contribution in [0.2, 0.25) is 0 Å². The summed E-state index contributed by atoms with van der Waals surface area (Å²) in [5.74, 6) is -0.142. The van der Waals surface area contributed by atoms with E-state index in [9.17, 15) is 19.4 Å². The van der Waals surface area contributed by atoms with Crippen molar-refractivity contribution in [2.75, 3.05) is 40.9 Å². The molecule has 9 heteroatoms. The number of likely N-dealkylation sites (N-methyl/N-ethyl adjacent to an activating group) is 1. The summed E-state index contributed by atoms with van der Waals surface area (Å²) in [6.45, 7) is 4.81. The number of rotatable bonds is 66. The molecule has 8 nitrogen and oxygen atoms in total. The van der Waals surface area contributed by atoms with E-state index in [1.54, 1.807) is 0 Å². The second-order valence-electron chi connectivity index (χ2n) is 25.6. The number of unbranched alkanes of at least 4 members (excludes halogenated alkanes) is 37. The van der Waals surface area contributed by atoms with E-state index in [1.807, 2.05) is 21.1 Å². The van der Waals surface area contributed by atoms with Gasteiger partial charge in [-0.05, 0) is 77.0 Å². The van der Waals surface area contributed by atoms with Gasteiger partial charge in [-0.1, -0.05) is 342 Å². The third-order valence-electron chi connectivity index (χ3n) is 16.1. The lowest BCUT2D eigenvalue weighted by atomic mass is 10.0. The van der Waals surface area contributed by atoms with Crippen LogP contribution in [0.15, 0.2) is 97.2 Å². The molecule has 0 aliphatic carbocycles. The summed E-state index contributed by atoms with van der Waals surface area (Å²) in [4.78, 5) is 23.5. The van der Waals surface area contributed by atoms with Crippen molar-refractivity contribution in [3.05, 3.63) is 97.2 Å². The number of aliphatic hydroxyl groups is 1. The molecule has 3 atom stereocenters. The van der Waals surface area contributed by atoms with Crippen molar-refractivity contribution >= 4 is 13.7 Å². The highest BCUT2D eigenvalue weighted by molar-refractivity contribution is 7.47. The predicted octanol–water partition coefficient (Wildman–Crippen LogP) is 23.3. The molecule has 3 unspecified atom stereocenters. The van der Waals surface area contributed by atoms with Crippen LogP contribution in [0.1, 0.15) is 328 Å². The Morgan fingerprint density at radius 2 is 0.706 bits per heavy atom. The minimum Gasteiger partial charge on any atom is -0.391 e. The van der Waals surface area contributed by atoms with Crippen molar-refractivity contribution in [3.8, 4) is 0 Å². The van der Waals surface area contributed by atoms with E-state index in [2.05, 4.69) is 116 Å². The van der Waals surface area contributed by atoms with Crippen molar-refractivity contribution < 1.29 is 32.9 Å². The lowest BCUT2D eigenvalue weighted by Crippen LogP contribution is -2.46. The molecular formula is C76H140N2O6P+.